The van der Waals surface area contributed by atoms with Crippen LogP contribution in [0.15, 0.2) is 18.5 Å². The molecule has 1 fully saturated rings. The molecule has 0 bridgehead atoms. The van der Waals surface area contributed by atoms with Crippen molar-refractivity contribution < 1.29 is 9.53 Å². The number of carbonyl (C=O) groups excluding carboxylic acids is 1. The summed E-state index contributed by atoms with van der Waals surface area (Å²) in [5, 5.41) is 6.21. The first-order valence-electron chi connectivity index (χ1n) is 7.22. The van der Waals surface area contributed by atoms with Crippen molar-refractivity contribution in [2.24, 2.45) is 0 Å². The van der Waals surface area contributed by atoms with Gasteiger partial charge in [0.1, 0.15) is 0 Å². The smallest absolute Gasteiger partial charge is 0.253 e. The lowest BCUT2D eigenvalue weighted by Gasteiger charge is -2.40. The minimum Gasteiger partial charge on any atom is -0.383 e. The number of pyridine rings is 1. The summed E-state index contributed by atoms with van der Waals surface area (Å²) in [7, 11) is 1.71. The first kappa shape index (κ1) is 14.8. The Morgan fingerprint density at radius 1 is 1.50 bits per heavy atom. The molecule has 2 N–H and O–H groups in total. The van der Waals surface area contributed by atoms with Gasteiger partial charge in [-0.15, -0.1) is 0 Å². The van der Waals surface area contributed by atoms with Crippen LogP contribution in [0.1, 0.15) is 43.0 Å². The molecule has 1 aromatic heterocycles. The van der Waals surface area contributed by atoms with Crippen LogP contribution in [0.2, 0.25) is 0 Å². The summed E-state index contributed by atoms with van der Waals surface area (Å²) in [5.41, 5.74) is 1.27. The largest absolute Gasteiger partial charge is 0.383 e. The molecule has 1 amide bonds. The molecular weight excluding hydrogens is 254 g/mol. The summed E-state index contributed by atoms with van der Waals surface area (Å²) < 4.78 is 5.51. The molecule has 0 aliphatic heterocycles. The van der Waals surface area contributed by atoms with Crippen LogP contribution >= 0.6 is 0 Å². The maximum absolute atomic E-state index is 12.3. The fourth-order valence-corrected chi connectivity index (χ4v) is 2.35. The highest BCUT2D eigenvalue weighted by Crippen LogP contribution is 2.34. The van der Waals surface area contributed by atoms with Gasteiger partial charge in [0.15, 0.2) is 0 Å². The molecule has 5 heteroatoms. The number of nitrogens with zero attached hydrogens (tertiary/aromatic N) is 1. The summed E-state index contributed by atoms with van der Waals surface area (Å²) in [6, 6.07) is 1.74. The van der Waals surface area contributed by atoms with Crippen LogP contribution in [0.25, 0.3) is 0 Å². The van der Waals surface area contributed by atoms with Gasteiger partial charge in [-0.3, -0.25) is 9.78 Å². The predicted octanol–water partition coefficient (Wildman–Crippen LogP) is 2.20. The molecule has 0 saturated heterocycles. The first-order valence-corrected chi connectivity index (χ1v) is 7.22. The fraction of sp³-hybridized carbons (Fsp3) is 0.600. The molecular formula is C15H23N3O2. The predicted molar refractivity (Wildman–Crippen MR) is 78.9 cm³/mol. The minimum atomic E-state index is -0.153. The summed E-state index contributed by atoms with van der Waals surface area (Å²) in [6.45, 7) is 3.48. The van der Waals surface area contributed by atoms with Crippen LogP contribution in [-0.4, -0.2) is 36.7 Å². The highest BCUT2D eigenvalue weighted by atomic mass is 16.5. The van der Waals surface area contributed by atoms with Gasteiger partial charge in [0.05, 0.1) is 23.0 Å². The third-order valence-corrected chi connectivity index (χ3v) is 3.90. The van der Waals surface area contributed by atoms with E-state index in [4.69, 9.17) is 4.74 Å². The van der Waals surface area contributed by atoms with E-state index in [0.717, 1.165) is 31.5 Å². The lowest BCUT2D eigenvalue weighted by molar-refractivity contribution is -0.0679. The van der Waals surface area contributed by atoms with Crippen molar-refractivity contribution in [3.05, 3.63) is 24.0 Å². The maximum atomic E-state index is 12.3. The van der Waals surface area contributed by atoms with E-state index in [9.17, 15) is 4.79 Å². The van der Waals surface area contributed by atoms with Crippen LogP contribution in [0.4, 0.5) is 5.69 Å². The van der Waals surface area contributed by atoms with Crippen LogP contribution < -0.4 is 10.6 Å². The van der Waals surface area contributed by atoms with Crippen molar-refractivity contribution in [2.45, 2.75) is 38.2 Å². The average molecular weight is 277 g/mol. The Kier molecular flexibility index (Phi) is 4.95. The van der Waals surface area contributed by atoms with Gasteiger partial charge in [-0.25, -0.2) is 0 Å². The average Bonchev–Trinajstić information content (AvgIpc) is 2.44. The molecule has 1 aliphatic rings. The SMILES string of the molecule is CCCNc1cnccc1C(=O)NCC1(OC)CCC1. The first-order chi connectivity index (χ1) is 9.71. The van der Waals surface area contributed by atoms with Crippen molar-refractivity contribution in [1.82, 2.24) is 10.3 Å². The zero-order valence-corrected chi connectivity index (χ0v) is 12.2. The van der Waals surface area contributed by atoms with E-state index >= 15 is 0 Å². The Morgan fingerprint density at radius 2 is 2.30 bits per heavy atom. The van der Waals surface area contributed by atoms with Crippen LogP contribution in [0.3, 0.4) is 0 Å². The lowest BCUT2D eigenvalue weighted by atomic mass is 9.80. The molecule has 20 heavy (non-hydrogen) atoms. The van der Waals surface area contributed by atoms with Gasteiger partial charge in [-0.1, -0.05) is 6.92 Å². The molecule has 0 atom stereocenters. The lowest BCUT2D eigenvalue weighted by Crippen LogP contribution is -2.49. The molecule has 0 unspecified atom stereocenters. The van der Waals surface area contributed by atoms with Crippen molar-refractivity contribution in [1.29, 1.82) is 0 Å². The van der Waals surface area contributed by atoms with E-state index in [2.05, 4.69) is 22.5 Å². The van der Waals surface area contributed by atoms with Gasteiger partial charge in [-0.2, -0.15) is 0 Å². The van der Waals surface area contributed by atoms with Gasteiger partial charge >= 0.3 is 0 Å². The van der Waals surface area contributed by atoms with E-state index in [-0.39, 0.29) is 11.5 Å². The van der Waals surface area contributed by atoms with E-state index in [1.807, 2.05) is 0 Å². The van der Waals surface area contributed by atoms with Crippen molar-refractivity contribution in [2.75, 3.05) is 25.5 Å². The highest BCUT2D eigenvalue weighted by Gasteiger charge is 2.37. The normalized spacial score (nSPS) is 16.3. The van der Waals surface area contributed by atoms with Crippen molar-refractivity contribution in [3.63, 3.8) is 0 Å². The van der Waals surface area contributed by atoms with Gasteiger partial charge in [0, 0.05) is 26.4 Å². The number of ether oxygens (including phenoxy) is 1. The van der Waals surface area contributed by atoms with E-state index in [1.165, 1.54) is 6.42 Å². The third kappa shape index (κ3) is 3.28. The second-order valence-electron chi connectivity index (χ2n) is 5.27. The second kappa shape index (κ2) is 6.70. The van der Waals surface area contributed by atoms with Crippen molar-refractivity contribution in [3.8, 4) is 0 Å². The molecule has 1 aliphatic carbocycles. The summed E-state index contributed by atoms with van der Waals surface area (Å²) in [6.07, 6.45) is 7.54. The molecule has 1 saturated carbocycles. The number of methoxy groups -OCH3 is 1. The maximum Gasteiger partial charge on any atom is 0.253 e. The Hall–Kier alpha value is -1.62. The zero-order chi connectivity index (χ0) is 14.4. The van der Waals surface area contributed by atoms with Gasteiger partial charge in [0.25, 0.3) is 5.91 Å². The van der Waals surface area contributed by atoms with E-state index in [1.54, 1.807) is 25.6 Å². The number of amides is 1. The summed E-state index contributed by atoms with van der Waals surface area (Å²) in [5.74, 6) is -0.0747. The highest BCUT2D eigenvalue weighted by molar-refractivity contribution is 5.99. The number of hydrogen-bond acceptors (Lipinski definition) is 4. The molecule has 0 spiro atoms. The number of nitrogens with one attached hydrogen (secondary N) is 2. The number of hydrogen-bond donors (Lipinski definition) is 2. The van der Waals surface area contributed by atoms with Crippen LogP contribution in [0, 0.1) is 0 Å². The van der Waals surface area contributed by atoms with Crippen LogP contribution in [-0.2, 0) is 4.74 Å². The van der Waals surface area contributed by atoms with Crippen molar-refractivity contribution >= 4 is 11.6 Å². The molecule has 1 heterocycles. The Morgan fingerprint density at radius 3 is 2.90 bits per heavy atom. The van der Waals surface area contributed by atoms with E-state index in [0.29, 0.717) is 12.1 Å². The molecule has 110 valence electrons. The molecule has 1 aromatic rings. The summed E-state index contributed by atoms with van der Waals surface area (Å²) in [4.78, 5) is 16.4. The topological polar surface area (TPSA) is 63.2 Å². The Bertz CT molecular complexity index is 453. The fourth-order valence-electron chi connectivity index (χ4n) is 2.35. The minimum absolute atomic E-state index is 0.0747. The molecule has 5 nitrogen and oxygen atoms in total. The molecule has 0 radical (unpaired) electrons. The van der Waals surface area contributed by atoms with Gasteiger partial charge in [0.2, 0.25) is 0 Å². The number of anilines is 1. The second-order valence-corrected chi connectivity index (χ2v) is 5.27. The van der Waals surface area contributed by atoms with E-state index < -0.39 is 0 Å². The monoisotopic (exact) mass is 277 g/mol. The van der Waals surface area contributed by atoms with Gasteiger partial charge < -0.3 is 15.4 Å². The molecule has 2 rings (SSSR count). The zero-order valence-electron chi connectivity index (χ0n) is 12.2. The molecule has 0 aromatic carbocycles. The number of carbonyl (C=O) groups is 1. The number of aromatic nitrogens is 1. The Balaban J connectivity index is 1.98. The standard InChI is InChI=1S/C15H23N3O2/c1-3-8-17-13-10-16-9-5-12(13)14(19)18-11-15(20-2)6-4-7-15/h5,9-10,17H,3-4,6-8,11H2,1-2H3,(H,18,19). The quantitative estimate of drug-likeness (QED) is 0.802. The summed E-state index contributed by atoms with van der Waals surface area (Å²) >= 11 is 0. The number of rotatable bonds is 7. The third-order valence-electron chi connectivity index (χ3n) is 3.90. The Labute approximate surface area is 120 Å². The van der Waals surface area contributed by atoms with Crippen LogP contribution in [0.5, 0.6) is 0 Å². The van der Waals surface area contributed by atoms with Gasteiger partial charge in [-0.05, 0) is 31.7 Å².